The maximum Gasteiger partial charge on any atom is 0.224 e. The van der Waals surface area contributed by atoms with E-state index < -0.39 is 0 Å². The third-order valence-electron chi connectivity index (χ3n) is 3.39. The lowest BCUT2D eigenvalue weighted by molar-refractivity contribution is -0.119. The van der Waals surface area contributed by atoms with E-state index in [-0.39, 0.29) is 11.7 Å². The molecule has 2 aromatic carbocycles. The molecule has 0 radical (unpaired) electrons. The Labute approximate surface area is 124 Å². The molecule has 0 aliphatic carbocycles. The minimum atomic E-state index is -0.224. The van der Waals surface area contributed by atoms with E-state index in [2.05, 4.69) is 10.6 Å². The van der Waals surface area contributed by atoms with E-state index in [4.69, 9.17) is 0 Å². The summed E-state index contributed by atoms with van der Waals surface area (Å²) >= 11 is 0. The molecule has 110 valence electrons. The van der Waals surface area contributed by atoms with Gasteiger partial charge in [-0.1, -0.05) is 18.2 Å². The largest absolute Gasteiger partial charge is 0.381 e. The van der Waals surface area contributed by atoms with Gasteiger partial charge in [0.2, 0.25) is 5.91 Å². The van der Waals surface area contributed by atoms with E-state index in [9.17, 15) is 9.18 Å². The number of hydrogen-bond acceptors (Lipinski definition) is 2. The van der Waals surface area contributed by atoms with Gasteiger partial charge in [0.25, 0.3) is 0 Å². The molecule has 0 aliphatic rings. The summed E-state index contributed by atoms with van der Waals surface area (Å²) in [6.45, 7) is 2.53. The normalized spacial score (nSPS) is 10.2. The van der Waals surface area contributed by atoms with Crippen molar-refractivity contribution in [1.82, 2.24) is 5.32 Å². The highest BCUT2D eigenvalue weighted by atomic mass is 19.1. The molecule has 0 saturated heterocycles. The van der Waals surface area contributed by atoms with Gasteiger partial charge in [-0.05, 0) is 47.9 Å². The number of nitrogens with one attached hydrogen (secondary N) is 2. The highest BCUT2D eigenvalue weighted by Crippen LogP contribution is 2.15. The summed E-state index contributed by atoms with van der Waals surface area (Å²) in [6.07, 6.45) is 0.375. The zero-order valence-electron chi connectivity index (χ0n) is 12.2. The average Bonchev–Trinajstić information content (AvgIpc) is 2.49. The second-order valence-corrected chi connectivity index (χ2v) is 4.97. The van der Waals surface area contributed by atoms with Crippen LogP contribution in [0.25, 0.3) is 0 Å². The first-order chi connectivity index (χ1) is 10.1. The number of halogens is 1. The summed E-state index contributed by atoms with van der Waals surface area (Å²) in [6, 6.07) is 12.5. The van der Waals surface area contributed by atoms with E-state index in [1.807, 2.05) is 31.2 Å². The molecule has 0 spiro atoms. The van der Waals surface area contributed by atoms with Crippen LogP contribution in [0, 0.1) is 12.7 Å². The Morgan fingerprint density at radius 1 is 1.14 bits per heavy atom. The van der Waals surface area contributed by atoms with Crippen LogP contribution in [-0.4, -0.2) is 13.0 Å². The quantitative estimate of drug-likeness (QED) is 0.887. The number of hydrogen-bond donors (Lipinski definition) is 2. The Balaban J connectivity index is 1.97. The van der Waals surface area contributed by atoms with Gasteiger partial charge in [0.05, 0.1) is 6.42 Å². The van der Waals surface area contributed by atoms with Crippen molar-refractivity contribution in [3.63, 3.8) is 0 Å². The lowest BCUT2D eigenvalue weighted by Gasteiger charge is -2.10. The molecule has 0 saturated carbocycles. The van der Waals surface area contributed by atoms with Crippen molar-refractivity contribution < 1.29 is 9.18 Å². The molecule has 1 amide bonds. The fourth-order valence-corrected chi connectivity index (χ4v) is 2.04. The molecule has 4 heteroatoms. The van der Waals surface area contributed by atoms with Crippen LogP contribution in [0.2, 0.25) is 0 Å². The molecule has 0 heterocycles. The summed E-state index contributed by atoms with van der Waals surface area (Å²) < 4.78 is 13.2. The van der Waals surface area contributed by atoms with Crippen molar-refractivity contribution in [2.24, 2.45) is 0 Å². The Kier molecular flexibility index (Phi) is 4.93. The van der Waals surface area contributed by atoms with Gasteiger partial charge in [-0.25, -0.2) is 4.39 Å². The maximum absolute atomic E-state index is 13.2. The Morgan fingerprint density at radius 3 is 2.52 bits per heavy atom. The van der Waals surface area contributed by atoms with Crippen molar-refractivity contribution in [1.29, 1.82) is 0 Å². The topological polar surface area (TPSA) is 41.1 Å². The van der Waals surface area contributed by atoms with Crippen LogP contribution in [-0.2, 0) is 17.8 Å². The van der Waals surface area contributed by atoms with Crippen LogP contribution >= 0.6 is 0 Å². The van der Waals surface area contributed by atoms with Crippen LogP contribution in [0.15, 0.2) is 42.5 Å². The predicted molar refractivity (Wildman–Crippen MR) is 82.7 cm³/mol. The zero-order chi connectivity index (χ0) is 15.2. The summed E-state index contributed by atoms with van der Waals surface area (Å²) in [5.74, 6) is -0.232. The van der Waals surface area contributed by atoms with Crippen LogP contribution in [0.4, 0.5) is 10.1 Å². The van der Waals surface area contributed by atoms with Crippen molar-refractivity contribution in [2.75, 3.05) is 12.4 Å². The highest BCUT2D eigenvalue weighted by Gasteiger charge is 2.02. The van der Waals surface area contributed by atoms with Crippen molar-refractivity contribution in [2.45, 2.75) is 19.9 Å². The molecule has 0 unspecified atom stereocenters. The van der Waals surface area contributed by atoms with Crippen LogP contribution in [0.5, 0.6) is 0 Å². The summed E-state index contributed by atoms with van der Waals surface area (Å²) in [5.41, 5.74) is 3.89. The van der Waals surface area contributed by atoms with Crippen molar-refractivity contribution >= 4 is 11.6 Å². The molecule has 3 nitrogen and oxygen atoms in total. The number of anilines is 1. The molecule has 0 aromatic heterocycles. The van der Waals surface area contributed by atoms with Crippen LogP contribution < -0.4 is 10.6 Å². The fraction of sp³-hybridized carbons (Fsp3) is 0.235. The SMILES string of the molecule is CNC(=O)Cc1ccc(NCc2cc(F)ccc2C)cc1. The van der Waals surface area contributed by atoms with Crippen molar-refractivity contribution in [3.05, 3.63) is 65.0 Å². The third kappa shape index (κ3) is 4.31. The number of aryl methyl sites for hydroxylation is 1. The monoisotopic (exact) mass is 286 g/mol. The van der Waals surface area contributed by atoms with Gasteiger partial charge in [0, 0.05) is 19.3 Å². The summed E-state index contributed by atoms with van der Waals surface area (Å²) in [5, 5.41) is 5.85. The van der Waals surface area contributed by atoms with Gasteiger partial charge in [0.15, 0.2) is 0 Å². The second kappa shape index (κ2) is 6.88. The Bertz CT molecular complexity index is 623. The number of carbonyl (C=O) groups excluding carboxylic acids is 1. The van der Waals surface area contributed by atoms with Gasteiger partial charge in [-0.3, -0.25) is 4.79 Å². The van der Waals surface area contributed by atoms with E-state index in [1.54, 1.807) is 19.2 Å². The molecular formula is C17H19FN2O. The molecule has 2 rings (SSSR count). The van der Waals surface area contributed by atoms with Gasteiger partial charge < -0.3 is 10.6 Å². The number of amides is 1. The zero-order valence-corrected chi connectivity index (χ0v) is 12.2. The highest BCUT2D eigenvalue weighted by molar-refractivity contribution is 5.78. The van der Waals surface area contributed by atoms with E-state index in [0.717, 1.165) is 22.4 Å². The minimum Gasteiger partial charge on any atom is -0.381 e. The first-order valence-corrected chi connectivity index (χ1v) is 6.87. The number of likely N-dealkylation sites (N-methyl/N-ethyl adjacent to an activating group) is 1. The molecule has 0 aliphatic heterocycles. The molecule has 0 fully saturated rings. The molecule has 0 bridgehead atoms. The number of rotatable bonds is 5. The smallest absolute Gasteiger partial charge is 0.224 e. The van der Waals surface area contributed by atoms with Gasteiger partial charge in [0.1, 0.15) is 5.82 Å². The van der Waals surface area contributed by atoms with Crippen molar-refractivity contribution in [3.8, 4) is 0 Å². The lowest BCUT2D eigenvalue weighted by Crippen LogP contribution is -2.19. The molecule has 0 atom stereocenters. The van der Waals surface area contributed by atoms with E-state index in [0.29, 0.717) is 13.0 Å². The predicted octanol–water partition coefficient (Wildman–Crippen LogP) is 3.03. The first-order valence-electron chi connectivity index (χ1n) is 6.87. The summed E-state index contributed by atoms with van der Waals surface area (Å²) in [4.78, 5) is 11.3. The lowest BCUT2D eigenvalue weighted by atomic mass is 10.1. The maximum atomic E-state index is 13.2. The fourth-order valence-electron chi connectivity index (χ4n) is 2.04. The molecule has 2 aromatic rings. The van der Waals surface area contributed by atoms with Gasteiger partial charge in [-0.15, -0.1) is 0 Å². The minimum absolute atomic E-state index is 0.00825. The van der Waals surface area contributed by atoms with E-state index in [1.165, 1.54) is 6.07 Å². The number of carbonyl (C=O) groups is 1. The van der Waals surface area contributed by atoms with Crippen LogP contribution in [0.1, 0.15) is 16.7 Å². The Hall–Kier alpha value is -2.36. The number of benzene rings is 2. The second-order valence-electron chi connectivity index (χ2n) is 4.97. The van der Waals surface area contributed by atoms with E-state index >= 15 is 0 Å². The molecule has 2 N–H and O–H groups in total. The van der Waals surface area contributed by atoms with Gasteiger partial charge >= 0.3 is 0 Å². The van der Waals surface area contributed by atoms with Gasteiger partial charge in [-0.2, -0.15) is 0 Å². The standard InChI is InChI=1S/C17H19FN2O/c1-12-3-6-15(18)10-14(12)11-20-16-7-4-13(5-8-16)9-17(21)19-2/h3-8,10,20H,9,11H2,1-2H3,(H,19,21). The first kappa shape index (κ1) is 15.0. The molecule has 21 heavy (non-hydrogen) atoms. The molecular weight excluding hydrogens is 267 g/mol. The third-order valence-corrected chi connectivity index (χ3v) is 3.39. The van der Waals surface area contributed by atoms with Crippen LogP contribution in [0.3, 0.4) is 0 Å². The summed E-state index contributed by atoms with van der Waals surface area (Å²) in [7, 11) is 1.62. The Morgan fingerprint density at radius 2 is 1.86 bits per heavy atom. The average molecular weight is 286 g/mol.